The van der Waals surface area contributed by atoms with Gasteiger partial charge < -0.3 is 0 Å². The Morgan fingerprint density at radius 2 is 2.13 bits per heavy atom. The van der Waals surface area contributed by atoms with Crippen LogP contribution in [-0.2, 0) is 13.0 Å². The van der Waals surface area contributed by atoms with Gasteiger partial charge in [-0.1, -0.05) is 38.8 Å². The summed E-state index contributed by atoms with van der Waals surface area (Å²) in [7, 11) is 0. The van der Waals surface area contributed by atoms with Gasteiger partial charge in [0.05, 0.1) is 11.9 Å². The first kappa shape index (κ1) is 12.2. The second kappa shape index (κ2) is 6.59. The van der Waals surface area contributed by atoms with Crippen molar-refractivity contribution in [3.8, 4) is 0 Å². The van der Waals surface area contributed by atoms with E-state index in [1.165, 1.54) is 31.4 Å². The van der Waals surface area contributed by atoms with E-state index in [1.54, 1.807) is 0 Å². The molecule has 0 N–H and O–H groups in total. The Kier molecular flexibility index (Phi) is 5.37. The van der Waals surface area contributed by atoms with Crippen molar-refractivity contribution in [3.05, 3.63) is 11.9 Å². The third-order valence-electron chi connectivity index (χ3n) is 2.64. The molecule has 3 heteroatoms. The highest BCUT2D eigenvalue weighted by atomic mass is 15.4. The molecule has 15 heavy (non-hydrogen) atoms. The van der Waals surface area contributed by atoms with Crippen molar-refractivity contribution in [2.24, 2.45) is 5.92 Å². The van der Waals surface area contributed by atoms with Crippen LogP contribution in [0, 0.1) is 5.92 Å². The van der Waals surface area contributed by atoms with Gasteiger partial charge in [-0.2, -0.15) is 0 Å². The van der Waals surface area contributed by atoms with Crippen LogP contribution in [0.1, 0.15) is 52.1 Å². The molecule has 0 bridgehead atoms. The summed E-state index contributed by atoms with van der Waals surface area (Å²) in [6.45, 7) is 7.77. The number of hydrogen-bond donors (Lipinski definition) is 0. The van der Waals surface area contributed by atoms with Gasteiger partial charge in [0, 0.05) is 6.54 Å². The SMILES string of the molecule is CCCCn1nncc1CCCC(C)C. The average Bonchev–Trinajstić information content (AvgIpc) is 2.62. The Labute approximate surface area is 92.9 Å². The maximum atomic E-state index is 4.12. The molecule has 1 aromatic heterocycles. The van der Waals surface area contributed by atoms with E-state index in [0.29, 0.717) is 0 Å². The molecule has 0 aliphatic carbocycles. The molecule has 1 aromatic rings. The molecule has 0 spiro atoms. The lowest BCUT2D eigenvalue weighted by molar-refractivity contribution is 0.509. The topological polar surface area (TPSA) is 30.7 Å². The van der Waals surface area contributed by atoms with Crippen molar-refractivity contribution in [2.75, 3.05) is 0 Å². The normalized spacial score (nSPS) is 11.2. The van der Waals surface area contributed by atoms with Crippen molar-refractivity contribution >= 4 is 0 Å². The average molecular weight is 209 g/mol. The van der Waals surface area contributed by atoms with Crippen LogP contribution in [0.2, 0.25) is 0 Å². The van der Waals surface area contributed by atoms with E-state index in [0.717, 1.165) is 18.9 Å². The van der Waals surface area contributed by atoms with Crippen LogP contribution >= 0.6 is 0 Å². The zero-order chi connectivity index (χ0) is 11.1. The van der Waals surface area contributed by atoms with Gasteiger partial charge >= 0.3 is 0 Å². The summed E-state index contributed by atoms with van der Waals surface area (Å²) in [5.41, 5.74) is 1.30. The molecular weight excluding hydrogens is 186 g/mol. The van der Waals surface area contributed by atoms with Crippen LogP contribution in [0.3, 0.4) is 0 Å². The Morgan fingerprint density at radius 1 is 1.33 bits per heavy atom. The van der Waals surface area contributed by atoms with Crippen LogP contribution in [0.4, 0.5) is 0 Å². The second-order valence-electron chi connectivity index (χ2n) is 4.59. The molecule has 86 valence electrons. The fourth-order valence-electron chi connectivity index (χ4n) is 1.66. The van der Waals surface area contributed by atoms with E-state index in [1.807, 2.05) is 6.20 Å². The Balaban J connectivity index is 2.35. The number of unbranched alkanes of at least 4 members (excludes halogenated alkanes) is 1. The van der Waals surface area contributed by atoms with Crippen LogP contribution in [-0.4, -0.2) is 15.0 Å². The number of aromatic nitrogens is 3. The fraction of sp³-hybridized carbons (Fsp3) is 0.833. The molecule has 0 aliphatic rings. The van der Waals surface area contributed by atoms with Gasteiger partial charge in [-0.3, -0.25) is 0 Å². The fourth-order valence-corrected chi connectivity index (χ4v) is 1.66. The molecular formula is C12H23N3. The van der Waals surface area contributed by atoms with Gasteiger partial charge in [0.25, 0.3) is 0 Å². The molecule has 0 aromatic carbocycles. The summed E-state index contributed by atoms with van der Waals surface area (Å²) in [4.78, 5) is 0. The molecule has 0 amide bonds. The number of hydrogen-bond acceptors (Lipinski definition) is 2. The Hall–Kier alpha value is -0.860. The van der Waals surface area contributed by atoms with Crippen LogP contribution in [0.5, 0.6) is 0 Å². The van der Waals surface area contributed by atoms with Gasteiger partial charge in [0.15, 0.2) is 0 Å². The summed E-state index contributed by atoms with van der Waals surface area (Å²) in [5, 5.41) is 8.10. The lowest BCUT2D eigenvalue weighted by Crippen LogP contribution is -2.05. The van der Waals surface area contributed by atoms with Crippen molar-refractivity contribution in [2.45, 2.75) is 59.4 Å². The maximum Gasteiger partial charge on any atom is 0.0725 e. The zero-order valence-electron chi connectivity index (χ0n) is 10.2. The van der Waals surface area contributed by atoms with Crippen molar-refractivity contribution in [1.82, 2.24) is 15.0 Å². The molecule has 0 radical (unpaired) electrons. The first-order valence-electron chi connectivity index (χ1n) is 6.11. The Bertz CT molecular complexity index is 266. The molecule has 0 fully saturated rings. The minimum Gasteiger partial charge on any atom is -0.249 e. The highest BCUT2D eigenvalue weighted by Gasteiger charge is 2.03. The van der Waals surface area contributed by atoms with E-state index in [4.69, 9.17) is 0 Å². The van der Waals surface area contributed by atoms with Crippen LogP contribution in [0.15, 0.2) is 6.20 Å². The molecule has 0 atom stereocenters. The zero-order valence-corrected chi connectivity index (χ0v) is 10.2. The largest absolute Gasteiger partial charge is 0.249 e. The van der Waals surface area contributed by atoms with E-state index in [-0.39, 0.29) is 0 Å². The molecule has 1 heterocycles. The molecule has 1 rings (SSSR count). The number of nitrogens with zero attached hydrogens (tertiary/aromatic N) is 3. The predicted octanol–water partition coefficient (Wildman–Crippen LogP) is 3.06. The van der Waals surface area contributed by atoms with Crippen molar-refractivity contribution in [1.29, 1.82) is 0 Å². The van der Waals surface area contributed by atoms with Crippen molar-refractivity contribution < 1.29 is 0 Å². The molecule has 0 aliphatic heterocycles. The standard InChI is InChI=1S/C12H23N3/c1-4-5-9-15-12(10-13-14-15)8-6-7-11(2)3/h10-11H,4-9H2,1-3H3. The predicted molar refractivity (Wildman–Crippen MR) is 62.7 cm³/mol. The summed E-state index contributed by atoms with van der Waals surface area (Å²) in [6, 6.07) is 0. The van der Waals surface area contributed by atoms with Gasteiger partial charge in [-0.15, -0.1) is 5.10 Å². The van der Waals surface area contributed by atoms with Gasteiger partial charge in [-0.05, 0) is 25.2 Å². The highest BCUT2D eigenvalue weighted by molar-refractivity contribution is 4.93. The molecule has 0 saturated carbocycles. The highest BCUT2D eigenvalue weighted by Crippen LogP contribution is 2.09. The summed E-state index contributed by atoms with van der Waals surface area (Å²) < 4.78 is 2.06. The minimum absolute atomic E-state index is 0.796. The monoisotopic (exact) mass is 209 g/mol. The third-order valence-corrected chi connectivity index (χ3v) is 2.64. The number of rotatable bonds is 7. The first-order chi connectivity index (χ1) is 7.24. The van der Waals surface area contributed by atoms with E-state index >= 15 is 0 Å². The number of aryl methyl sites for hydroxylation is 2. The van der Waals surface area contributed by atoms with Gasteiger partial charge in [0.1, 0.15) is 0 Å². The Morgan fingerprint density at radius 3 is 2.80 bits per heavy atom. The first-order valence-corrected chi connectivity index (χ1v) is 6.11. The minimum atomic E-state index is 0.796. The van der Waals surface area contributed by atoms with E-state index in [9.17, 15) is 0 Å². The molecule has 0 saturated heterocycles. The maximum absolute atomic E-state index is 4.12. The van der Waals surface area contributed by atoms with Crippen molar-refractivity contribution in [3.63, 3.8) is 0 Å². The summed E-state index contributed by atoms with van der Waals surface area (Å²) in [6.07, 6.45) is 7.98. The summed E-state index contributed by atoms with van der Waals surface area (Å²) in [5.74, 6) is 0.796. The molecule has 0 unspecified atom stereocenters. The van der Waals surface area contributed by atoms with Crippen LogP contribution < -0.4 is 0 Å². The van der Waals surface area contributed by atoms with E-state index < -0.39 is 0 Å². The lowest BCUT2D eigenvalue weighted by atomic mass is 10.1. The lowest BCUT2D eigenvalue weighted by Gasteiger charge is -2.06. The quantitative estimate of drug-likeness (QED) is 0.691. The third kappa shape index (κ3) is 4.45. The summed E-state index contributed by atoms with van der Waals surface area (Å²) >= 11 is 0. The van der Waals surface area contributed by atoms with Crippen LogP contribution in [0.25, 0.3) is 0 Å². The van der Waals surface area contributed by atoms with Gasteiger partial charge in [-0.25, -0.2) is 4.68 Å². The van der Waals surface area contributed by atoms with Gasteiger partial charge in [0.2, 0.25) is 0 Å². The second-order valence-corrected chi connectivity index (χ2v) is 4.59. The smallest absolute Gasteiger partial charge is 0.0725 e. The molecule has 3 nitrogen and oxygen atoms in total. The van der Waals surface area contributed by atoms with E-state index in [2.05, 4.69) is 35.8 Å².